The van der Waals surface area contributed by atoms with Crippen LogP contribution in [-0.2, 0) is 14.6 Å². The fourth-order valence-electron chi connectivity index (χ4n) is 1.78. The predicted octanol–water partition coefficient (Wildman–Crippen LogP) is 2.34. The molecule has 2 rings (SSSR count). The number of hydrogen-bond acceptors (Lipinski definition) is 5. The van der Waals surface area contributed by atoms with E-state index in [0.717, 1.165) is 6.26 Å². The molecule has 0 fully saturated rings. The maximum Gasteiger partial charge on any atom is 0.175 e. The third kappa shape index (κ3) is 2.29. The molecule has 0 bridgehead atoms. The molecule has 2 aromatic rings. The summed E-state index contributed by atoms with van der Waals surface area (Å²) in [7, 11) is -3.44. The lowest BCUT2D eigenvalue weighted by atomic mass is 9.99. The molecule has 2 N–H and O–H groups in total. The van der Waals surface area contributed by atoms with Gasteiger partial charge in [0, 0.05) is 6.26 Å². The molecule has 0 aliphatic heterocycles. The fraction of sp³-hybridized carbons (Fsp3) is 0.308. The molecule has 0 atom stereocenters. The number of rotatable bonds is 3. The maximum atomic E-state index is 13.0. The molecule has 0 radical (unpaired) electrons. The predicted molar refractivity (Wildman–Crippen MR) is 74.2 cm³/mol. The van der Waals surface area contributed by atoms with Crippen molar-refractivity contribution in [3.8, 4) is 11.1 Å². The molecule has 5 nitrogen and oxygen atoms in total. The van der Waals surface area contributed by atoms with Crippen LogP contribution in [0.25, 0.3) is 11.1 Å². The van der Waals surface area contributed by atoms with Crippen LogP contribution in [0.1, 0.15) is 19.6 Å². The van der Waals surface area contributed by atoms with Crippen LogP contribution in [0.5, 0.6) is 0 Å². The van der Waals surface area contributed by atoms with Crippen molar-refractivity contribution in [3.63, 3.8) is 0 Å². The van der Waals surface area contributed by atoms with Gasteiger partial charge in [-0.25, -0.2) is 12.8 Å². The van der Waals surface area contributed by atoms with Crippen molar-refractivity contribution in [3.05, 3.63) is 35.8 Å². The topological polar surface area (TPSA) is 86.2 Å². The van der Waals surface area contributed by atoms with Crippen molar-refractivity contribution >= 4 is 15.7 Å². The van der Waals surface area contributed by atoms with Crippen LogP contribution in [0.15, 0.2) is 28.8 Å². The second kappa shape index (κ2) is 4.59. The number of hydrogen-bond donors (Lipinski definition) is 1. The smallest absolute Gasteiger partial charge is 0.175 e. The molecule has 1 aromatic heterocycles. The minimum Gasteiger partial charge on any atom is -0.380 e. The van der Waals surface area contributed by atoms with Crippen LogP contribution in [0.4, 0.5) is 10.2 Å². The zero-order valence-electron chi connectivity index (χ0n) is 11.3. The van der Waals surface area contributed by atoms with Crippen molar-refractivity contribution in [2.75, 3.05) is 12.0 Å². The first-order chi connectivity index (χ1) is 9.14. The Morgan fingerprint density at radius 2 is 1.80 bits per heavy atom. The summed E-state index contributed by atoms with van der Waals surface area (Å²) >= 11 is 0. The number of sulfone groups is 1. The summed E-state index contributed by atoms with van der Waals surface area (Å²) in [5.41, 5.74) is 6.69. The van der Waals surface area contributed by atoms with E-state index in [-0.39, 0.29) is 11.6 Å². The SMILES string of the molecule is CC(C)(c1onc(N)c1-c1ccc(F)cc1)S(C)(=O)=O. The summed E-state index contributed by atoms with van der Waals surface area (Å²) in [5.74, 6) is -0.180. The lowest BCUT2D eigenvalue weighted by Gasteiger charge is -2.20. The van der Waals surface area contributed by atoms with Gasteiger partial charge in [-0.05, 0) is 31.5 Å². The summed E-state index contributed by atoms with van der Waals surface area (Å²) in [6, 6.07) is 5.53. The molecule has 108 valence electrons. The highest BCUT2D eigenvalue weighted by atomic mass is 32.2. The zero-order chi connectivity index (χ0) is 15.1. The molecule has 0 aliphatic carbocycles. The highest BCUT2D eigenvalue weighted by Crippen LogP contribution is 2.39. The van der Waals surface area contributed by atoms with Crippen molar-refractivity contribution in [1.82, 2.24) is 5.16 Å². The van der Waals surface area contributed by atoms with Crippen molar-refractivity contribution in [2.45, 2.75) is 18.6 Å². The first kappa shape index (κ1) is 14.5. The number of nitrogens with zero attached hydrogens (tertiary/aromatic N) is 1. The van der Waals surface area contributed by atoms with Gasteiger partial charge in [0.05, 0.1) is 5.56 Å². The van der Waals surface area contributed by atoms with Crippen LogP contribution >= 0.6 is 0 Å². The Hall–Kier alpha value is -1.89. The monoisotopic (exact) mass is 298 g/mol. The van der Waals surface area contributed by atoms with E-state index >= 15 is 0 Å². The average Bonchev–Trinajstić information content (AvgIpc) is 2.71. The lowest BCUT2D eigenvalue weighted by Crippen LogP contribution is -2.28. The first-order valence-corrected chi connectivity index (χ1v) is 7.75. The van der Waals surface area contributed by atoms with Crippen LogP contribution in [0.3, 0.4) is 0 Å². The third-order valence-corrected chi connectivity index (χ3v) is 5.36. The van der Waals surface area contributed by atoms with Gasteiger partial charge in [0.15, 0.2) is 21.4 Å². The number of halogens is 1. The van der Waals surface area contributed by atoms with E-state index < -0.39 is 20.4 Å². The molecule has 0 saturated carbocycles. The van der Waals surface area contributed by atoms with Gasteiger partial charge in [0.25, 0.3) is 0 Å². The van der Waals surface area contributed by atoms with Gasteiger partial charge in [-0.2, -0.15) is 0 Å². The van der Waals surface area contributed by atoms with Crippen LogP contribution in [0.2, 0.25) is 0 Å². The Kier molecular flexibility index (Phi) is 3.33. The largest absolute Gasteiger partial charge is 0.380 e. The molecule has 0 aliphatic rings. The normalized spacial score (nSPS) is 12.6. The third-order valence-electron chi connectivity index (χ3n) is 3.33. The summed E-state index contributed by atoms with van der Waals surface area (Å²) in [6.45, 7) is 3.02. The van der Waals surface area contributed by atoms with Gasteiger partial charge >= 0.3 is 0 Å². The molecular weight excluding hydrogens is 283 g/mol. The Labute approximate surface area is 116 Å². The van der Waals surface area contributed by atoms with E-state index in [4.69, 9.17) is 10.3 Å². The molecule has 7 heteroatoms. The van der Waals surface area contributed by atoms with Crippen LogP contribution in [-0.4, -0.2) is 19.8 Å². The standard InChI is InChI=1S/C13H15FN2O3S/c1-13(2,20(3,17)18)11-10(12(15)16-19-11)8-4-6-9(14)7-5-8/h4-7H,1-3H3,(H2,15,16). The zero-order valence-corrected chi connectivity index (χ0v) is 12.2. The number of nitrogens with two attached hydrogens (primary N) is 1. The van der Waals surface area contributed by atoms with Gasteiger partial charge in [0.2, 0.25) is 0 Å². The summed E-state index contributed by atoms with van der Waals surface area (Å²) < 4.78 is 40.6. The summed E-state index contributed by atoms with van der Waals surface area (Å²) in [6.07, 6.45) is 1.11. The number of benzene rings is 1. The van der Waals surface area contributed by atoms with E-state index in [1.807, 2.05) is 0 Å². The molecule has 0 amide bonds. The Morgan fingerprint density at radius 1 is 1.25 bits per heavy atom. The number of anilines is 1. The average molecular weight is 298 g/mol. The van der Waals surface area contributed by atoms with Crippen molar-refractivity contribution in [1.29, 1.82) is 0 Å². The van der Waals surface area contributed by atoms with Gasteiger partial charge in [-0.3, -0.25) is 0 Å². The number of aromatic nitrogens is 1. The number of nitrogen functional groups attached to an aromatic ring is 1. The van der Waals surface area contributed by atoms with E-state index in [0.29, 0.717) is 11.1 Å². The van der Waals surface area contributed by atoms with E-state index in [1.54, 1.807) is 0 Å². The highest BCUT2D eigenvalue weighted by Gasteiger charge is 2.39. The molecule has 1 aromatic carbocycles. The van der Waals surface area contributed by atoms with E-state index in [9.17, 15) is 12.8 Å². The second-order valence-electron chi connectivity index (χ2n) is 5.06. The van der Waals surface area contributed by atoms with Crippen LogP contribution in [0, 0.1) is 5.82 Å². The van der Waals surface area contributed by atoms with Gasteiger partial charge in [-0.1, -0.05) is 17.3 Å². The molecule has 20 heavy (non-hydrogen) atoms. The molecular formula is C13H15FN2O3S. The van der Waals surface area contributed by atoms with Crippen molar-refractivity contribution in [2.24, 2.45) is 0 Å². The second-order valence-corrected chi connectivity index (χ2v) is 7.63. The summed E-state index contributed by atoms with van der Waals surface area (Å²) in [5, 5.41) is 3.64. The fourth-order valence-corrected chi connectivity index (χ4v) is 2.25. The Bertz CT molecular complexity index is 733. The van der Waals surface area contributed by atoms with E-state index in [1.165, 1.54) is 38.1 Å². The van der Waals surface area contributed by atoms with Gasteiger partial charge < -0.3 is 10.3 Å². The quantitative estimate of drug-likeness (QED) is 0.940. The molecule has 0 unspecified atom stereocenters. The molecule has 1 heterocycles. The molecule has 0 spiro atoms. The van der Waals surface area contributed by atoms with E-state index in [2.05, 4.69) is 5.16 Å². The van der Waals surface area contributed by atoms with Crippen LogP contribution < -0.4 is 5.73 Å². The Balaban J connectivity index is 2.68. The summed E-state index contributed by atoms with van der Waals surface area (Å²) in [4.78, 5) is 0. The lowest BCUT2D eigenvalue weighted by molar-refractivity contribution is 0.357. The minimum absolute atomic E-state index is 0.0725. The maximum absolute atomic E-state index is 13.0. The first-order valence-electron chi connectivity index (χ1n) is 5.86. The van der Waals surface area contributed by atoms with Gasteiger partial charge in [0.1, 0.15) is 10.6 Å². The highest BCUT2D eigenvalue weighted by molar-refractivity contribution is 7.91. The van der Waals surface area contributed by atoms with Gasteiger partial charge in [-0.15, -0.1) is 0 Å². The van der Waals surface area contributed by atoms with Crippen molar-refractivity contribution < 1.29 is 17.3 Å². The Morgan fingerprint density at radius 3 is 2.30 bits per heavy atom. The molecule has 0 saturated heterocycles. The minimum atomic E-state index is -3.44.